The van der Waals surface area contributed by atoms with Crippen LogP contribution in [-0.4, -0.2) is 38.8 Å². The molecule has 0 unspecified atom stereocenters. The number of rotatable bonds is 6. The van der Waals surface area contributed by atoms with Crippen LogP contribution in [0.25, 0.3) is 0 Å². The van der Waals surface area contributed by atoms with Crippen molar-refractivity contribution < 1.29 is 4.79 Å². The summed E-state index contributed by atoms with van der Waals surface area (Å²) >= 11 is 0. The Balaban J connectivity index is 1.33. The molecule has 0 aromatic carbocycles. The molecule has 1 aliphatic rings. The molecule has 1 aliphatic heterocycles. The number of anilines is 2. The molecule has 0 spiro atoms. The second kappa shape index (κ2) is 9.28. The molecular formula is C23H25N5O. The first-order chi connectivity index (χ1) is 14.3. The number of carbonyl (C=O) groups excluding carboxylic acids is 1. The van der Waals surface area contributed by atoms with Crippen molar-refractivity contribution in [2.24, 2.45) is 5.92 Å². The number of amides is 1. The first-order valence-electron chi connectivity index (χ1n) is 10.1. The molecule has 3 aromatic heterocycles. The minimum absolute atomic E-state index is 0.0913. The maximum Gasteiger partial charge on any atom is 0.255 e. The van der Waals surface area contributed by atoms with E-state index in [1.54, 1.807) is 18.6 Å². The van der Waals surface area contributed by atoms with Gasteiger partial charge >= 0.3 is 0 Å². The first kappa shape index (κ1) is 19.1. The van der Waals surface area contributed by atoms with Gasteiger partial charge in [0.1, 0.15) is 11.6 Å². The van der Waals surface area contributed by atoms with Gasteiger partial charge in [-0.15, -0.1) is 0 Å². The number of aromatic nitrogens is 3. The van der Waals surface area contributed by atoms with Crippen molar-refractivity contribution in [2.75, 3.05) is 18.4 Å². The fourth-order valence-corrected chi connectivity index (χ4v) is 3.79. The second-order valence-electron chi connectivity index (χ2n) is 7.43. The summed E-state index contributed by atoms with van der Waals surface area (Å²) < 4.78 is 0. The third kappa shape index (κ3) is 5.16. The highest BCUT2D eigenvalue weighted by Crippen LogP contribution is 2.23. The Hall–Kier alpha value is -3.28. The lowest BCUT2D eigenvalue weighted by Crippen LogP contribution is -2.40. The minimum Gasteiger partial charge on any atom is -0.338 e. The van der Waals surface area contributed by atoms with E-state index in [2.05, 4.69) is 32.4 Å². The third-order valence-electron chi connectivity index (χ3n) is 5.30. The smallest absolute Gasteiger partial charge is 0.255 e. The first-order valence-corrected chi connectivity index (χ1v) is 10.1. The largest absolute Gasteiger partial charge is 0.338 e. The van der Waals surface area contributed by atoms with Crippen LogP contribution >= 0.6 is 0 Å². The molecule has 0 aliphatic carbocycles. The molecule has 6 heteroatoms. The Bertz CT molecular complexity index is 932. The second-order valence-corrected chi connectivity index (χ2v) is 7.43. The van der Waals surface area contributed by atoms with Crippen molar-refractivity contribution in [1.29, 1.82) is 0 Å². The molecule has 148 valence electrons. The summed E-state index contributed by atoms with van der Waals surface area (Å²) in [4.78, 5) is 27.4. The molecule has 6 nitrogen and oxygen atoms in total. The highest BCUT2D eigenvalue weighted by Gasteiger charge is 2.24. The van der Waals surface area contributed by atoms with Crippen molar-refractivity contribution in [3.8, 4) is 0 Å². The Kier molecular flexibility index (Phi) is 6.10. The molecule has 0 bridgehead atoms. The third-order valence-corrected chi connectivity index (χ3v) is 5.30. The number of piperidine rings is 1. The summed E-state index contributed by atoms with van der Waals surface area (Å²) in [6.45, 7) is 1.65. The van der Waals surface area contributed by atoms with Crippen LogP contribution in [0.4, 0.5) is 11.6 Å². The van der Waals surface area contributed by atoms with E-state index >= 15 is 0 Å². The van der Waals surface area contributed by atoms with Gasteiger partial charge in [0.2, 0.25) is 0 Å². The van der Waals surface area contributed by atoms with Gasteiger partial charge in [-0.1, -0.05) is 6.07 Å². The van der Waals surface area contributed by atoms with E-state index in [0.717, 1.165) is 44.0 Å². The van der Waals surface area contributed by atoms with E-state index in [4.69, 9.17) is 0 Å². The Labute approximate surface area is 171 Å². The minimum atomic E-state index is 0.0913. The number of hydrogen-bond donors (Lipinski definition) is 1. The molecule has 1 atom stereocenters. The summed E-state index contributed by atoms with van der Waals surface area (Å²) in [6.07, 6.45) is 11.2. The van der Waals surface area contributed by atoms with E-state index in [1.165, 1.54) is 12.0 Å². The molecule has 1 amide bonds. The van der Waals surface area contributed by atoms with Crippen LogP contribution in [0.1, 0.15) is 35.2 Å². The van der Waals surface area contributed by atoms with Crippen molar-refractivity contribution in [3.05, 3.63) is 78.4 Å². The van der Waals surface area contributed by atoms with Gasteiger partial charge in [-0.3, -0.25) is 9.78 Å². The number of nitrogens with zero attached hydrogens (tertiary/aromatic N) is 4. The monoisotopic (exact) mass is 387 g/mol. The number of carbonyl (C=O) groups is 1. The van der Waals surface area contributed by atoms with Crippen LogP contribution < -0.4 is 5.32 Å². The SMILES string of the molecule is O=C(c1cccnc1)N1CCC[C@H](CCc2ccnc(Nc3ccccn3)c2)C1. The molecule has 4 heterocycles. The van der Waals surface area contributed by atoms with Crippen LogP contribution in [0.3, 0.4) is 0 Å². The van der Waals surface area contributed by atoms with Crippen molar-refractivity contribution in [1.82, 2.24) is 19.9 Å². The maximum absolute atomic E-state index is 12.7. The van der Waals surface area contributed by atoms with Gasteiger partial charge in [-0.25, -0.2) is 9.97 Å². The molecule has 1 fully saturated rings. The molecule has 29 heavy (non-hydrogen) atoms. The Morgan fingerprint density at radius 1 is 1.07 bits per heavy atom. The summed E-state index contributed by atoms with van der Waals surface area (Å²) in [7, 11) is 0. The molecule has 0 radical (unpaired) electrons. The van der Waals surface area contributed by atoms with Crippen LogP contribution in [0.2, 0.25) is 0 Å². The van der Waals surface area contributed by atoms with E-state index in [0.29, 0.717) is 11.5 Å². The van der Waals surface area contributed by atoms with Crippen molar-refractivity contribution >= 4 is 17.5 Å². The van der Waals surface area contributed by atoms with Gasteiger partial charge < -0.3 is 10.2 Å². The lowest BCUT2D eigenvalue weighted by atomic mass is 9.91. The number of nitrogens with one attached hydrogen (secondary N) is 1. The average Bonchev–Trinajstić information content (AvgIpc) is 2.79. The molecule has 1 N–H and O–H groups in total. The van der Waals surface area contributed by atoms with Gasteiger partial charge in [0.25, 0.3) is 5.91 Å². The number of pyridine rings is 3. The number of aryl methyl sites for hydroxylation is 1. The van der Waals surface area contributed by atoms with Crippen molar-refractivity contribution in [3.63, 3.8) is 0 Å². The average molecular weight is 387 g/mol. The summed E-state index contributed by atoms with van der Waals surface area (Å²) in [5, 5.41) is 3.24. The van der Waals surface area contributed by atoms with E-state index in [9.17, 15) is 4.79 Å². The normalized spacial score (nSPS) is 16.4. The lowest BCUT2D eigenvalue weighted by Gasteiger charge is -2.33. The zero-order valence-electron chi connectivity index (χ0n) is 16.4. The van der Waals surface area contributed by atoms with E-state index in [1.807, 2.05) is 41.4 Å². The summed E-state index contributed by atoms with van der Waals surface area (Å²) in [6, 6.07) is 13.5. The van der Waals surface area contributed by atoms with Gasteiger partial charge in [-0.05, 0) is 73.6 Å². The van der Waals surface area contributed by atoms with Gasteiger partial charge in [0, 0.05) is 37.9 Å². The molecule has 1 saturated heterocycles. The van der Waals surface area contributed by atoms with Crippen molar-refractivity contribution in [2.45, 2.75) is 25.7 Å². The number of likely N-dealkylation sites (tertiary alicyclic amines) is 1. The van der Waals surface area contributed by atoms with Gasteiger partial charge in [-0.2, -0.15) is 0 Å². The van der Waals surface area contributed by atoms with Crippen LogP contribution in [0.5, 0.6) is 0 Å². The zero-order chi connectivity index (χ0) is 19.9. The van der Waals surface area contributed by atoms with Crippen LogP contribution in [-0.2, 0) is 6.42 Å². The topological polar surface area (TPSA) is 71.0 Å². The molecule has 0 saturated carbocycles. The van der Waals surface area contributed by atoms with E-state index < -0.39 is 0 Å². The zero-order valence-corrected chi connectivity index (χ0v) is 16.4. The fraction of sp³-hybridized carbons (Fsp3) is 0.304. The van der Waals surface area contributed by atoms with Gasteiger partial charge in [0.15, 0.2) is 0 Å². The maximum atomic E-state index is 12.7. The Morgan fingerprint density at radius 3 is 2.83 bits per heavy atom. The summed E-state index contributed by atoms with van der Waals surface area (Å²) in [5.74, 6) is 2.20. The number of hydrogen-bond acceptors (Lipinski definition) is 5. The highest BCUT2D eigenvalue weighted by molar-refractivity contribution is 5.93. The lowest BCUT2D eigenvalue weighted by molar-refractivity contribution is 0.0668. The van der Waals surface area contributed by atoms with Crippen LogP contribution in [0.15, 0.2) is 67.3 Å². The summed E-state index contributed by atoms with van der Waals surface area (Å²) in [5.41, 5.74) is 1.92. The predicted octanol–water partition coefficient (Wildman–Crippen LogP) is 4.10. The Morgan fingerprint density at radius 2 is 2.00 bits per heavy atom. The quantitative estimate of drug-likeness (QED) is 0.689. The molecule has 3 aromatic rings. The standard InChI is InChI=1S/C23H25N5O/c29-23(20-6-3-11-24-16-20)28-14-4-5-19(17-28)9-8-18-10-13-26-22(15-18)27-21-7-1-2-12-25-21/h1-3,6-7,10-13,15-16,19H,4-5,8-9,14,17H2,(H,25,26,27)/t19-/m1/s1. The van der Waals surface area contributed by atoms with Gasteiger partial charge in [0.05, 0.1) is 5.56 Å². The highest BCUT2D eigenvalue weighted by atomic mass is 16.2. The molecule has 4 rings (SSSR count). The predicted molar refractivity (Wildman–Crippen MR) is 113 cm³/mol. The van der Waals surface area contributed by atoms with Crippen LogP contribution in [0, 0.1) is 5.92 Å². The molecular weight excluding hydrogens is 362 g/mol. The van der Waals surface area contributed by atoms with E-state index in [-0.39, 0.29) is 5.91 Å². The fourth-order valence-electron chi connectivity index (χ4n) is 3.79.